The van der Waals surface area contributed by atoms with Crippen molar-refractivity contribution in [2.45, 2.75) is 70.0 Å². The fourth-order valence-electron chi connectivity index (χ4n) is 3.23. The summed E-state index contributed by atoms with van der Waals surface area (Å²) in [6.45, 7) is 12.4. The molecule has 0 saturated carbocycles. The molecule has 2 aliphatic heterocycles. The highest BCUT2D eigenvalue weighted by Gasteiger charge is 2.51. The van der Waals surface area contributed by atoms with Gasteiger partial charge >= 0.3 is 7.12 Å². The van der Waals surface area contributed by atoms with Crippen LogP contribution < -0.4 is 10.2 Å². The van der Waals surface area contributed by atoms with E-state index in [4.69, 9.17) is 14.0 Å². The van der Waals surface area contributed by atoms with Gasteiger partial charge in [-0.2, -0.15) is 0 Å². The van der Waals surface area contributed by atoms with Gasteiger partial charge in [-0.3, -0.25) is 0 Å². The van der Waals surface area contributed by atoms with Gasteiger partial charge in [0.15, 0.2) is 0 Å². The summed E-state index contributed by atoms with van der Waals surface area (Å²) in [5.74, 6) is -0.00845. The van der Waals surface area contributed by atoms with Crippen LogP contribution in [-0.4, -0.2) is 51.2 Å². The van der Waals surface area contributed by atoms with Crippen LogP contribution in [0.4, 0.5) is 0 Å². The van der Waals surface area contributed by atoms with E-state index in [1.54, 1.807) is 13.8 Å². The molecule has 8 heteroatoms. The molecule has 2 aliphatic rings. The molecule has 0 aliphatic carbocycles. The summed E-state index contributed by atoms with van der Waals surface area (Å²) in [7, 11) is -3.74. The summed E-state index contributed by atoms with van der Waals surface area (Å²) in [5.41, 5.74) is 1.24. The van der Waals surface area contributed by atoms with Gasteiger partial charge in [-0.05, 0) is 52.6 Å². The molecule has 1 aromatic carbocycles. The first-order chi connectivity index (χ1) is 12.4. The van der Waals surface area contributed by atoms with Crippen molar-refractivity contribution in [3.8, 4) is 0 Å². The second-order valence-corrected chi connectivity index (χ2v) is 11.0. The molecule has 6 nitrogen and oxygen atoms in total. The molecule has 2 atom stereocenters. The predicted octanol–water partition coefficient (Wildman–Crippen LogP) is 1.80. The monoisotopic (exact) mass is 395 g/mol. The Bertz CT molecular complexity index is 760. The summed E-state index contributed by atoms with van der Waals surface area (Å²) in [4.78, 5) is 0. The normalized spacial score (nSPS) is 27.4. The Labute approximate surface area is 163 Å². The van der Waals surface area contributed by atoms with Crippen molar-refractivity contribution >= 4 is 22.6 Å². The Morgan fingerprint density at radius 1 is 1.04 bits per heavy atom. The predicted molar refractivity (Wildman–Crippen MR) is 107 cm³/mol. The molecule has 1 N–H and O–H groups in total. The third-order valence-corrected chi connectivity index (χ3v) is 7.78. The maximum Gasteiger partial charge on any atom is 0.494 e. The van der Waals surface area contributed by atoms with Crippen molar-refractivity contribution in [2.24, 2.45) is 0 Å². The van der Waals surface area contributed by atoms with E-state index < -0.39 is 22.4 Å². The molecule has 3 rings (SSSR count). The highest BCUT2D eigenvalue weighted by atomic mass is 32.2. The average Bonchev–Trinajstić information content (AvgIpc) is 3.09. The first-order valence-electron chi connectivity index (χ1n) is 9.47. The molecule has 1 aromatic rings. The fraction of sp³-hybridized carbons (Fsp3) is 0.684. The van der Waals surface area contributed by atoms with E-state index in [-0.39, 0.29) is 23.2 Å². The molecule has 2 fully saturated rings. The van der Waals surface area contributed by atoms with Gasteiger partial charge in [-0.15, -0.1) is 0 Å². The lowest BCUT2D eigenvalue weighted by Crippen LogP contribution is -2.42. The molecule has 1 unspecified atom stereocenters. The highest BCUT2D eigenvalue weighted by molar-refractivity contribution is 7.90. The molecule has 0 radical (unpaired) electrons. The summed E-state index contributed by atoms with van der Waals surface area (Å²) in [5, 5.41) is -0.468. The zero-order valence-electron chi connectivity index (χ0n) is 17.0. The van der Waals surface area contributed by atoms with E-state index in [1.165, 1.54) is 0 Å². The largest absolute Gasteiger partial charge is 0.494 e. The number of hydrogen-bond donors (Lipinski definition) is 1. The molecule has 150 valence electrons. The van der Waals surface area contributed by atoms with E-state index in [2.05, 4.69) is 4.72 Å². The number of hydrogen-bond acceptors (Lipinski definition) is 5. The summed E-state index contributed by atoms with van der Waals surface area (Å²) >= 11 is 0. The Kier molecular flexibility index (Phi) is 5.51. The van der Waals surface area contributed by atoms with Crippen LogP contribution >= 0.6 is 0 Å². The lowest BCUT2D eigenvalue weighted by molar-refractivity contribution is 0.00578. The van der Waals surface area contributed by atoms with Crippen molar-refractivity contribution in [3.63, 3.8) is 0 Å². The van der Waals surface area contributed by atoms with Gasteiger partial charge in [0.1, 0.15) is 0 Å². The Balaban J connectivity index is 1.74. The van der Waals surface area contributed by atoms with Crippen LogP contribution in [-0.2, 0) is 24.1 Å². The molecule has 0 bridgehead atoms. The lowest BCUT2D eigenvalue weighted by Gasteiger charge is -2.32. The maximum absolute atomic E-state index is 12.2. The van der Waals surface area contributed by atoms with Crippen molar-refractivity contribution in [3.05, 3.63) is 29.8 Å². The van der Waals surface area contributed by atoms with Crippen LogP contribution in [0.2, 0.25) is 0 Å². The number of rotatable bonds is 5. The lowest BCUT2D eigenvalue weighted by atomic mass is 9.78. The number of benzene rings is 1. The van der Waals surface area contributed by atoms with Crippen molar-refractivity contribution in [2.75, 3.05) is 13.2 Å². The van der Waals surface area contributed by atoms with Crippen LogP contribution in [0.15, 0.2) is 24.3 Å². The van der Waals surface area contributed by atoms with Gasteiger partial charge in [0, 0.05) is 5.92 Å². The maximum atomic E-state index is 12.2. The Morgan fingerprint density at radius 3 is 2.11 bits per heavy atom. The van der Waals surface area contributed by atoms with Gasteiger partial charge in [-0.1, -0.05) is 24.3 Å². The molecule has 0 spiro atoms. The number of ether oxygens (including phenoxy) is 1. The van der Waals surface area contributed by atoms with Crippen LogP contribution in [0.1, 0.15) is 53.0 Å². The minimum absolute atomic E-state index is 0.00845. The van der Waals surface area contributed by atoms with Gasteiger partial charge < -0.3 is 14.0 Å². The van der Waals surface area contributed by atoms with Crippen LogP contribution in [0, 0.1) is 0 Å². The Hall–Kier alpha value is -0.925. The van der Waals surface area contributed by atoms with Gasteiger partial charge in [0.25, 0.3) is 0 Å². The van der Waals surface area contributed by atoms with Gasteiger partial charge in [0.2, 0.25) is 10.0 Å². The standard InChI is InChI=1S/C19H30BNO5S/c1-13(2)27(22,23)21-17-12-24-11-16(17)14-7-9-15(10-8-14)20-25-18(3,4)19(5,6)26-20/h7-10,13,16-17,21H,11-12H2,1-6H3/t16?,17-/m1/s1. The van der Waals surface area contributed by atoms with Crippen molar-refractivity contribution in [1.29, 1.82) is 0 Å². The van der Waals surface area contributed by atoms with Crippen LogP contribution in [0.25, 0.3) is 0 Å². The summed E-state index contributed by atoms with van der Waals surface area (Å²) in [6.07, 6.45) is 0. The number of nitrogens with one attached hydrogen (secondary N) is 1. The summed E-state index contributed by atoms with van der Waals surface area (Å²) < 4.78 is 45.0. The molecule has 27 heavy (non-hydrogen) atoms. The second kappa shape index (κ2) is 7.15. The van der Waals surface area contributed by atoms with E-state index in [0.29, 0.717) is 13.2 Å². The average molecular weight is 395 g/mol. The van der Waals surface area contributed by atoms with Gasteiger partial charge in [-0.25, -0.2) is 13.1 Å². The van der Waals surface area contributed by atoms with Crippen LogP contribution in [0.5, 0.6) is 0 Å². The molecule has 2 heterocycles. The Morgan fingerprint density at radius 2 is 1.59 bits per heavy atom. The zero-order valence-corrected chi connectivity index (χ0v) is 17.8. The smallest absolute Gasteiger partial charge is 0.399 e. The zero-order chi connectivity index (χ0) is 20.0. The van der Waals surface area contributed by atoms with Gasteiger partial charge in [0.05, 0.1) is 35.7 Å². The van der Waals surface area contributed by atoms with Crippen molar-refractivity contribution < 1.29 is 22.5 Å². The molecule has 2 saturated heterocycles. The molecule has 0 aromatic heterocycles. The second-order valence-electron chi connectivity index (χ2n) is 8.72. The van der Waals surface area contributed by atoms with E-state index in [9.17, 15) is 8.42 Å². The van der Waals surface area contributed by atoms with Crippen LogP contribution in [0.3, 0.4) is 0 Å². The molecule has 0 amide bonds. The minimum Gasteiger partial charge on any atom is -0.399 e. The van der Waals surface area contributed by atoms with E-state index >= 15 is 0 Å². The first kappa shape index (κ1) is 20.8. The van der Waals surface area contributed by atoms with Crippen molar-refractivity contribution in [1.82, 2.24) is 4.72 Å². The fourth-order valence-corrected chi connectivity index (χ4v) is 4.15. The van der Waals surface area contributed by atoms with E-state index in [1.807, 2.05) is 52.0 Å². The third-order valence-electron chi connectivity index (χ3n) is 5.91. The topological polar surface area (TPSA) is 73.9 Å². The third kappa shape index (κ3) is 4.10. The summed E-state index contributed by atoms with van der Waals surface area (Å²) in [6, 6.07) is 7.75. The SMILES string of the molecule is CC(C)S(=O)(=O)N[C@@H]1COCC1c1ccc(B2OC(C)(C)C(C)(C)O2)cc1. The molecular weight excluding hydrogens is 365 g/mol. The first-order valence-corrected chi connectivity index (χ1v) is 11.0. The quantitative estimate of drug-likeness (QED) is 0.770. The number of sulfonamides is 1. The van der Waals surface area contributed by atoms with E-state index in [0.717, 1.165) is 11.0 Å². The molecular formula is C19H30BNO5S. The highest BCUT2D eigenvalue weighted by Crippen LogP contribution is 2.36. The minimum atomic E-state index is -3.34.